The van der Waals surface area contributed by atoms with E-state index in [9.17, 15) is 0 Å². The van der Waals surface area contributed by atoms with Gasteiger partial charge in [0.05, 0.1) is 15.3 Å². The van der Waals surface area contributed by atoms with Crippen molar-refractivity contribution in [2.24, 2.45) is 0 Å². The first-order valence-electron chi connectivity index (χ1n) is 9.87. The Bertz CT molecular complexity index is 768. The fourth-order valence-corrected chi connectivity index (χ4v) is 1.68. The molecule has 0 N–H and O–H groups in total. The number of hydrogen-bond acceptors (Lipinski definition) is 3. The second-order valence-corrected chi connectivity index (χ2v) is 5.45. The standard InChI is InChI=1S/C14H20BNO2/c1-13(2)14(3,4)18-15(17-13)11-7-8-16-12(9-11)10-5-6-10/h7-10H,5-6H2,1-4H3/i5D2,6D2,7D,8D,9D,10D. The van der Waals surface area contributed by atoms with Crippen LogP contribution in [0.15, 0.2) is 18.3 Å². The van der Waals surface area contributed by atoms with Gasteiger partial charge in [-0.2, -0.15) is 0 Å². The van der Waals surface area contributed by atoms with Crippen molar-refractivity contribution in [1.82, 2.24) is 4.98 Å². The molecule has 0 bridgehead atoms. The molecule has 2 fully saturated rings. The lowest BCUT2D eigenvalue weighted by Crippen LogP contribution is -2.41. The van der Waals surface area contributed by atoms with Gasteiger partial charge in [-0.05, 0) is 58.0 Å². The molecular formula is C14H20BNO2. The molecule has 1 saturated carbocycles. The number of hydrogen-bond donors (Lipinski definition) is 0. The summed E-state index contributed by atoms with van der Waals surface area (Å²) in [5, 5.41) is 0. The summed E-state index contributed by atoms with van der Waals surface area (Å²) in [6.07, 6.45) is -5.70. The van der Waals surface area contributed by atoms with Gasteiger partial charge in [-0.3, -0.25) is 4.98 Å². The molecule has 4 heteroatoms. The molecule has 0 unspecified atom stereocenters. The Morgan fingerprint density at radius 2 is 2.00 bits per heavy atom. The van der Waals surface area contributed by atoms with Crippen LogP contribution in [0.4, 0.5) is 0 Å². The third-order valence-corrected chi connectivity index (χ3v) is 3.59. The van der Waals surface area contributed by atoms with Crippen LogP contribution in [0.2, 0.25) is 0 Å². The van der Waals surface area contributed by atoms with Gasteiger partial charge in [0.2, 0.25) is 0 Å². The Labute approximate surface area is 120 Å². The van der Waals surface area contributed by atoms with E-state index in [-0.39, 0.29) is 5.46 Å². The predicted octanol–water partition coefficient (Wildman–Crippen LogP) is 2.26. The normalized spacial score (nSPS) is 39.2. The summed E-state index contributed by atoms with van der Waals surface area (Å²) in [5.41, 5.74) is -2.17. The summed E-state index contributed by atoms with van der Waals surface area (Å²) in [7, 11) is -1.16. The molecule has 0 spiro atoms. The number of pyridine rings is 1. The van der Waals surface area contributed by atoms with Crippen LogP contribution in [-0.2, 0) is 9.31 Å². The Balaban J connectivity index is 2.17. The molecule has 0 atom stereocenters. The molecule has 3 nitrogen and oxygen atoms in total. The number of rotatable bonds is 2. The summed E-state index contributed by atoms with van der Waals surface area (Å²) < 4.78 is 75.4. The summed E-state index contributed by atoms with van der Waals surface area (Å²) in [6, 6.07) is -0.910. The summed E-state index contributed by atoms with van der Waals surface area (Å²) in [5.74, 6) is -2.43. The second kappa shape index (κ2) is 3.81. The average molecular weight is 253 g/mol. The van der Waals surface area contributed by atoms with Crippen LogP contribution in [-0.4, -0.2) is 23.3 Å². The zero-order chi connectivity index (χ0) is 20.1. The van der Waals surface area contributed by atoms with E-state index in [1.54, 1.807) is 27.7 Å². The molecule has 2 heterocycles. The average Bonchev–Trinajstić information content (AvgIpc) is 2.68. The lowest BCUT2D eigenvalue weighted by molar-refractivity contribution is 0.00578. The topological polar surface area (TPSA) is 31.4 Å². The molecule has 1 aliphatic carbocycles. The first-order chi connectivity index (χ1) is 11.5. The highest BCUT2D eigenvalue weighted by Crippen LogP contribution is 2.39. The van der Waals surface area contributed by atoms with Crippen molar-refractivity contribution in [3.8, 4) is 0 Å². The van der Waals surface area contributed by atoms with Crippen molar-refractivity contribution in [2.75, 3.05) is 0 Å². The van der Waals surface area contributed by atoms with Crippen LogP contribution >= 0.6 is 0 Å². The monoisotopic (exact) mass is 253 g/mol. The highest BCUT2D eigenvalue weighted by Gasteiger charge is 2.51. The Morgan fingerprint density at radius 1 is 1.39 bits per heavy atom. The zero-order valence-corrected chi connectivity index (χ0v) is 10.8. The molecule has 1 saturated heterocycles. The SMILES string of the molecule is [2H]c1nc(C2([2H])C([2H])([2H])C2([2H])[2H])c([2H])c(B2OC(C)(C)C(C)(C)O2)c1[2H]. The Kier molecular flexibility index (Phi) is 1.28. The van der Waals surface area contributed by atoms with Crippen molar-refractivity contribution in [3.05, 3.63) is 24.0 Å². The Hall–Kier alpha value is -0.865. The summed E-state index contributed by atoms with van der Waals surface area (Å²) in [4.78, 5) is 3.72. The van der Waals surface area contributed by atoms with E-state index in [2.05, 4.69) is 4.98 Å². The number of nitrogens with zero attached hydrogens (tertiary/aromatic N) is 1. The van der Waals surface area contributed by atoms with Crippen LogP contribution in [0.1, 0.15) is 63.0 Å². The van der Waals surface area contributed by atoms with Crippen molar-refractivity contribution in [2.45, 2.75) is 57.5 Å². The lowest BCUT2D eigenvalue weighted by atomic mass is 9.79. The fourth-order valence-electron chi connectivity index (χ4n) is 1.68. The first kappa shape index (κ1) is 6.06. The van der Waals surface area contributed by atoms with Gasteiger partial charge in [0, 0.05) is 24.6 Å². The minimum absolute atomic E-state index is 0.135. The third-order valence-electron chi connectivity index (χ3n) is 3.59. The van der Waals surface area contributed by atoms with Gasteiger partial charge in [0.15, 0.2) is 0 Å². The van der Waals surface area contributed by atoms with Gasteiger partial charge >= 0.3 is 7.12 Å². The maximum Gasteiger partial charge on any atom is 0.494 e. The maximum atomic E-state index is 8.38. The molecule has 0 amide bonds. The molecule has 0 radical (unpaired) electrons. The molecule has 2 aliphatic rings. The van der Waals surface area contributed by atoms with Gasteiger partial charge in [-0.15, -0.1) is 0 Å². The van der Waals surface area contributed by atoms with E-state index in [0.717, 1.165) is 0 Å². The highest BCUT2D eigenvalue weighted by atomic mass is 16.7. The molecule has 1 aromatic rings. The molecule has 0 aromatic carbocycles. The van der Waals surface area contributed by atoms with Gasteiger partial charge in [-0.1, -0.05) is 0 Å². The van der Waals surface area contributed by atoms with E-state index >= 15 is 0 Å². The minimum atomic E-state index is -2.56. The minimum Gasteiger partial charge on any atom is -0.399 e. The lowest BCUT2D eigenvalue weighted by Gasteiger charge is -2.32. The van der Waals surface area contributed by atoms with E-state index in [4.69, 9.17) is 20.3 Å². The summed E-state index contributed by atoms with van der Waals surface area (Å²) >= 11 is 0. The zero-order valence-electron chi connectivity index (χ0n) is 18.8. The van der Waals surface area contributed by atoms with Crippen molar-refractivity contribution in [3.63, 3.8) is 0 Å². The van der Waals surface area contributed by atoms with Crippen molar-refractivity contribution >= 4 is 12.6 Å². The van der Waals surface area contributed by atoms with Gasteiger partial charge in [0.1, 0.15) is 0 Å². The van der Waals surface area contributed by atoms with Gasteiger partial charge < -0.3 is 9.31 Å². The van der Waals surface area contributed by atoms with E-state index in [1.807, 2.05) is 0 Å². The van der Waals surface area contributed by atoms with Crippen LogP contribution in [0.25, 0.3) is 0 Å². The van der Waals surface area contributed by atoms with Crippen molar-refractivity contribution in [1.29, 1.82) is 0 Å². The first-order valence-corrected chi connectivity index (χ1v) is 5.87. The molecule has 3 rings (SSSR count). The van der Waals surface area contributed by atoms with E-state index in [1.165, 1.54) is 0 Å². The smallest absolute Gasteiger partial charge is 0.399 e. The quantitative estimate of drug-likeness (QED) is 0.757. The molecule has 18 heavy (non-hydrogen) atoms. The molecule has 1 aromatic heterocycles. The van der Waals surface area contributed by atoms with Gasteiger partial charge in [0.25, 0.3) is 0 Å². The predicted molar refractivity (Wildman–Crippen MR) is 71.9 cm³/mol. The van der Waals surface area contributed by atoms with E-state index < -0.39 is 60.9 Å². The third kappa shape index (κ3) is 1.97. The van der Waals surface area contributed by atoms with Crippen LogP contribution in [0.5, 0.6) is 0 Å². The fraction of sp³-hybridized carbons (Fsp3) is 0.643. The maximum absolute atomic E-state index is 8.38. The molecule has 96 valence electrons. The highest BCUT2D eigenvalue weighted by molar-refractivity contribution is 6.62. The summed E-state index contributed by atoms with van der Waals surface area (Å²) in [6.45, 7) is 7.14. The molecular weight excluding hydrogens is 225 g/mol. The van der Waals surface area contributed by atoms with Gasteiger partial charge in [-0.25, -0.2) is 0 Å². The van der Waals surface area contributed by atoms with Crippen LogP contribution in [0.3, 0.4) is 0 Å². The second-order valence-electron chi connectivity index (χ2n) is 5.45. The van der Waals surface area contributed by atoms with Crippen molar-refractivity contribution < 1.29 is 20.3 Å². The Morgan fingerprint density at radius 3 is 2.56 bits per heavy atom. The largest absolute Gasteiger partial charge is 0.494 e. The van der Waals surface area contributed by atoms with E-state index in [0.29, 0.717) is 0 Å². The number of aromatic nitrogens is 1. The molecule has 1 aliphatic heterocycles. The van der Waals surface area contributed by atoms with Crippen LogP contribution in [0, 0.1) is 0 Å². The van der Waals surface area contributed by atoms with Crippen LogP contribution < -0.4 is 5.46 Å².